The molecule has 3 fully saturated rings. The van der Waals surface area contributed by atoms with E-state index in [-0.39, 0.29) is 24.0 Å². The zero-order chi connectivity index (χ0) is 13.8. The van der Waals surface area contributed by atoms with Gasteiger partial charge in [-0.25, -0.2) is 0 Å². The first-order chi connectivity index (χ1) is 9.71. The fourth-order valence-corrected chi connectivity index (χ4v) is 6.25. The molecule has 116 valence electrons. The molecule has 2 saturated carbocycles. The molecule has 1 saturated heterocycles. The molecular weight excluding hydrogens is 371 g/mol. The second-order valence-electron chi connectivity index (χ2n) is 7.88. The topological polar surface area (TPSA) is 23.8 Å². The molecule has 3 heteroatoms. The SMILES string of the molecule is C[N+]1(C23CCC4CCCC=C4C2CC3C#N)CCCC1.[I-]. The Morgan fingerprint density at radius 2 is 2.00 bits per heavy atom. The average Bonchev–Trinajstić information content (AvgIpc) is 2.87. The Morgan fingerprint density at radius 1 is 1.24 bits per heavy atom. The Bertz CT molecular complexity index is 486. The van der Waals surface area contributed by atoms with Crippen molar-refractivity contribution in [3.8, 4) is 6.07 Å². The quantitative estimate of drug-likeness (QED) is 0.362. The van der Waals surface area contributed by atoms with Crippen LogP contribution in [0, 0.1) is 29.1 Å². The van der Waals surface area contributed by atoms with Crippen LogP contribution in [0.1, 0.15) is 51.4 Å². The summed E-state index contributed by atoms with van der Waals surface area (Å²) in [6.45, 7) is 2.62. The maximum absolute atomic E-state index is 9.68. The Labute approximate surface area is 146 Å². The van der Waals surface area contributed by atoms with E-state index in [4.69, 9.17) is 0 Å². The van der Waals surface area contributed by atoms with Crippen LogP contribution in [0.15, 0.2) is 11.6 Å². The van der Waals surface area contributed by atoms with E-state index in [2.05, 4.69) is 19.2 Å². The maximum Gasteiger partial charge on any atom is 0.122 e. The number of halogens is 1. The van der Waals surface area contributed by atoms with Crippen LogP contribution in [0.4, 0.5) is 0 Å². The van der Waals surface area contributed by atoms with E-state index in [1.165, 1.54) is 62.5 Å². The number of allylic oxidation sites excluding steroid dienone is 1. The third-order valence-corrected chi connectivity index (χ3v) is 7.30. The van der Waals surface area contributed by atoms with Crippen LogP contribution in [0.2, 0.25) is 0 Å². The minimum Gasteiger partial charge on any atom is -1.00 e. The second-order valence-corrected chi connectivity index (χ2v) is 7.88. The first kappa shape index (κ1) is 15.8. The molecule has 4 unspecified atom stereocenters. The smallest absolute Gasteiger partial charge is 0.122 e. The predicted molar refractivity (Wildman–Crippen MR) is 79.8 cm³/mol. The highest BCUT2D eigenvalue weighted by Gasteiger charge is 2.69. The zero-order valence-electron chi connectivity index (χ0n) is 13.2. The number of quaternary nitrogens is 1. The highest BCUT2D eigenvalue weighted by atomic mass is 127. The van der Waals surface area contributed by atoms with Crippen molar-refractivity contribution in [3.05, 3.63) is 11.6 Å². The molecular formula is C18H27IN2. The van der Waals surface area contributed by atoms with Crippen molar-refractivity contribution in [2.24, 2.45) is 17.8 Å². The van der Waals surface area contributed by atoms with E-state index in [9.17, 15) is 5.26 Å². The standard InChI is InChI=1S/C18H27N2.HI/c1-20(10-4-5-11-20)18-9-8-14-6-2-3-7-16(14)17(18)12-15(18)13-19;/h7,14-15,17H,2-6,8-12H2,1H3;1H/q+1;/p-1. The first-order valence-corrected chi connectivity index (χ1v) is 8.65. The Balaban J connectivity index is 0.00000132. The Morgan fingerprint density at radius 3 is 2.71 bits per heavy atom. The normalized spacial score (nSPS) is 43.4. The number of hydrogen-bond donors (Lipinski definition) is 0. The van der Waals surface area contributed by atoms with E-state index >= 15 is 0 Å². The number of likely N-dealkylation sites (tertiary alicyclic amines) is 1. The number of nitriles is 1. The van der Waals surface area contributed by atoms with E-state index in [1.54, 1.807) is 5.57 Å². The summed E-state index contributed by atoms with van der Waals surface area (Å²) in [6.07, 6.45) is 13.2. The number of rotatable bonds is 1. The van der Waals surface area contributed by atoms with E-state index < -0.39 is 0 Å². The average molecular weight is 398 g/mol. The van der Waals surface area contributed by atoms with Crippen LogP contribution in [0.5, 0.6) is 0 Å². The fourth-order valence-electron chi connectivity index (χ4n) is 6.25. The van der Waals surface area contributed by atoms with Gasteiger partial charge < -0.3 is 28.5 Å². The van der Waals surface area contributed by atoms with Gasteiger partial charge in [-0.1, -0.05) is 11.6 Å². The van der Waals surface area contributed by atoms with Crippen LogP contribution >= 0.6 is 0 Å². The largest absolute Gasteiger partial charge is 1.00 e. The summed E-state index contributed by atoms with van der Waals surface area (Å²) in [7, 11) is 2.47. The third-order valence-electron chi connectivity index (χ3n) is 7.30. The summed E-state index contributed by atoms with van der Waals surface area (Å²) < 4.78 is 1.21. The molecule has 1 heterocycles. The minimum absolute atomic E-state index is 0. The van der Waals surface area contributed by atoms with Crippen LogP contribution in [0.3, 0.4) is 0 Å². The molecule has 0 aromatic carbocycles. The van der Waals surface area contributed by atoms with Crippen molar-refractivity contribution >= 4 is 0 Å². The fraction of sp³-hybridized carbons (Fsp3) is 0.833. The van der Waals surface area contributed by atoms with E-state index in [1.807, 2.05) is 0 Å². The van der Waals surface area contributed by atoms with Crippen molar-refractivity contribution < 1.29 is 28.5 Å². The lowest BCUT2D eigenvalue weighted by atomic mass is 9.47. The monoisotopic (exact) mass is 398 g/mol. The highest BCUT2D eigenvalue weighted by molar-refractivity contribution is 5.30. The summed E-state index contributed by atoms with van der Waals surface area (Å²) in [4.78, 5) is 0. The molecule has 0 radical (unpaired) electrons. The van der Waals surface area contributed by atoms with Gasteiger partial charge in [0, 0.05) is 25.2 Å². The van der Waals surface area contributed by atoms with Gasteiger partial charge in [0.1, 0.15) is 11.5 Å². The van der Waals surface area contributed by atoms with Gasteiger partial charge in [-0.05, 0) is 38.0 Å². The number of nitrogens with zero attached hydrogens (tertiary/aromatic N) is 2. The number of fused-ring (bicyclic) bond motifs is 3. The minimum atomic E-state index is 0. The van der Waals surface area contributed by atoms with Crippen molar-refractivity contribution in [1.82, 2.24) is 0 Å². The van der Waals surface area contributed by atoms with Gasteiger partial charge in [-0.3, -0.25) is 0 Å². The van der Waals surface area contributed by atoms with Gasteiger partial charge in [0.15, 0.2) is 0 Å². The lowest BCUT2D eigenvalue weighted by Gasteiger charge is -2.65. The molecule has 0 bridgehead atoms. The van der Waals surface area contributed by atoms with Crippen molar-refractivity contribution in [1.29, 1.82) is 5.26 Å². The first-order valence-electron chi connectivity index (χ1n) is 8.65. The molecule has 0 aromatic rings. The maximum atomic E-state index is 9.68. The predicted octanol–water partition coefficient (Wildman–Crippen LogP) is 0.650. The van der Waals surface area contributed by atoms with E-state index in [0.717, 1.165) is 18.3 Å². The van der Waals surface area contributed by atoms with Gasteiger partial charge in [0.25, 0.3) is 0 Å². The van der Waals surface area contributed by atoms with Crippen LogP contribution in [-0.2, 0) is 0 Å². The summed E-state index contributed by atoms with van der Waals surface area (Å²) in [5.74, 6) is 1.93. The van der Waals surface area contributed by atoms with Gasteiger partial charge in [-0.2, -0.15) is 5.26 Å². The summed E-state index contributed by atoms with van der Waals surface area (Å²) >= 11 is 0. The lowest BCUT2D eigenvalue weighted by molar-refractivity contribution is -0.964. The van der Waals surface area contributed by atoms with Crippen LogP contribution in [-0.4, -0.2) is 30.2 Å². The summed E-state index contributed by atoms with van der Waals surface area (Å²) in [5, 5.41) is 9.68. The molecule has 2 nitrogen and oxygen atoms in total. The summed E-state index contributed by atoms with van der Waals surface area (Å²) in [6, 6.07) is 2.70. The Hall–Kier alpha value is -0.0800. The molecule has 0 amide bonds. The molecule has 0 aromatic heterocycles. The van der Waals surface area contributed by atoms with Crippen molar-refractivity contribution in [3.63, 3.8) is 0 Å². The molecule has 1 aliphatic heterocycles. The highest BCUT2D eigenvalue weighted by Crippen LogP contribution is 2.63. The molecule has 4 atom stereocenters. The molecule has 3 aliphatic carbocycles. The second kappa shape index (κ2) is 5.53. The van der Waals surface area contributed by atoms with Gasteiger partial charge >= 0.3 is 0 Å². The zero-order valence-corrected chi connectivity index (χ0v) is 15.3. The summed E-state index contributed by atoms with van der Waals surface area (Å²) in [5.41, 5.74) is 2.07. The molecule has 0 spiro atoms. The third kappa shape index (κ3) is 1.97. The van der Waals surface area contributed by atoms with Crippen molar-refractivity contribution in [2.75, 3.05) is 20.1 Å². The van der Waals surface area contributed by atoms with Crippen LogP contribution < -0.4 is 24.0 Å². The van der Waals surface area contributed by atoms with Gasteiger partial charge in [0.05, 0.1) is 26.2 Å². The van der Waals surface area contributed by atoms with Gasteiger partial charge in [-0.15, -0.1) is 0 Å². The molecule has 4 aliphatic rings. The molecule has 4 rings (SSSR count). The van der Waals surface area contributed by atoms with Gasteiger partial charge in [0.2, 0.25) is 0 Å². The van der Waals surface area contributed by atoms with Crippen LogP contribution in [0.25, 0.3) is 0 Å². The molecule has 21 heavy (non-hydrogen) atoms. The van der Waals surface area contributed by atoms with E-state index in [0.29, 0.717) is 11.5 Å². The Kier molecular flexibility index (Phi) is 4.16. The number of hydrogen-bond acceptors (Lipinski definition) is 1. The lowest BCUT2D eigenvalue weighted by Crippen LogP contribution is -3.00. The molecule has 0 N–H and O–H groups in total. The van der Waals surface area contributed by atoms with Crippen molar-refractivity contribution in [2.45, 2.75) is 56.9 Å².